The van der Waals surface area contributed by atoms with Crippen molar-refractivity contribution >= 4 is 17.4 Å². The summed E-state index contributed by atoms with van der Waals surface area (Å²) >= 11 is 1.98. The molecular weight excluding hydrogens is 188 g/mol. The summed E-state index contributed by atoms with van der Waals surface area (Å²) in [4.78, 5) is 3.06. The molecule has 0 radical (unpaired) electrons. The van der Waals surface area contributed by atoms with Crippen LogP contribution in [-0.2, 0) is 6.42 Å². The van der Waals surface area contributed by atoms with Crippen LogP contribution < -0.4 is 0 Å². The standard InChI is InChI=1S/C13H18S/c1-11-10-12-8-6-4-2-3-5-7-9-13(12)14-11/h6,8,10H,2-5,7,9H2,1H3. The van der Waals surface area contributed by atoms with Gasteiger partial charge in [0.2, 0.25) is 0 Å². The molecule has 0 atom stereocenters. The van der Waals surface area contributed by atoms with E-state index in [1.54, 1.807) is 4.88 Å². The molecular formula is C13H18S. The number of hydrogen-bond acceptors (Lipinski definition) is 1. The van der Waals surface area contributed by atoms with E-state index in [-0.39, 0.29) is 0 Å². The third kappa shape index (κ3) is 2.48. The van der Waals surface area contributed by atoms with Crippen LogP contribution in [0.15, 0.2) is 12.1 Å². The number of thiophene rings is 1. The molecule has 0 fully saturated rings. The predicted octanol–water partition coefficient (Wildman–Crippen LogP) is 4.58. The molecule has 0 N–H and O–H groups in total. The number of allylic oxidation sites excluding steroid dienone is 1. The maximum atomic E-state index is 2.34. The van der Waals surface area contributed by atoms with E-state index in [0.29, 0.717) is 0 Å². The summed E-state index contributed by atoms with van der Waals surface area (Å²) in [7, 11) is 0. The van der Waals surface area contributed by atoms with Gasteiger partial charge in [-0.2, -0.15) is 0 Å². The lowest BCUT2D eigenvalue weighted by atomic mass is 10.0. The van der Waals surface area contributed by atoms with Gasteiger partial charge in [-0.15, -0.1) is 11.3 Å². The first-order valence-corrected chi connectivity index (χ1v) is 6.44. The number of fused-ring (bicyclic) bond motifs is 1. The summed E-state index contributed by atoms with van der Waals surface area (Å²) < 4.78 is 0. The van der Waals surface area contributed by atoms with Crippen LogP contribution in [0.4, 0.5) is 0 Å². The van der Waals surface area contributed by atoms with Crippen molar-refractivity contribution in [3.63, 3.8) is 0 Å². The lowest BCUT2D eigenvalue weighted by Gasteiger charge is -2.03. The smallest absolute Gasteiger partial charge is 0.0120 e. The van der Waals surface area contributed by atoms with E-state index in [1.807, 2.05) is 11.3 Å². The Kier molecular flexibility index (Phi) is 3.41. The Morgan fingerprint density at radius 3 is 2.93 bits per heavy atom. The average Bonchev–Trinajstić information content (AvgIpc) is 2.52. The van der Waals surface area contributed by atoms with Gasteiger partial charge in [-0.1, -0.05) is 25.0 Å². The van der Waals surface area contributed by atoms with Crippen LogP contribution in [0.5, 0.6) is 0 Å². The Bertz CT molecular complexity index is 320. The van der Waals surface area contributed by atoms with Gasteiger partial charge in [-0.05, 0) is 44.2 Å². The van der Waals surface area contributed by atoms with Gasteiger partial charge < -0.3 is 0 Å². The fourth-order valence-corrected chi connectivity index (χ4v) is 3.10. The SMILES string of the molecule is Cc1cc2c(s1)CCCCCCC=C2. The minimum atomic E-state index is 1.26. The zero-order valence-corrected chi connectivity index (χ0v) is 9.70. The van der Waals surface area contributed by atoms with E-state index in [4.69, 9.17) is 0 Å². The number of aryl methyl sites for hydroxylation is 2. The number of rotatable bonds is 0. The summed E-state index contributed by atoms with van der Waals surface area (Å²) in [6.07, 6.45) is 12.8. The van der Waals surface area contributed by atoms with Gasteiger partial charge in [0, 0.05) is 9.75 Å². The van der Waals surface area contributed by atoms with Gasteiger partial charge in [0.1, 0.15) is 0 Å². The molecule has 76 valence electrons. The summed E-state index contributed by atoms with van der Waals surface area (Å²) in [5, 5.41) is 0. The van der Waals surface area contributed by atoms with Crippen molar-refractivity contribution in [2.75, 3.05) is 0 Å². The zero-order valence-electron chi connectivity index (χ0n) is 8.88. The quantitative estimate of drug-likeness (QED) is 0.583. The molecule has 0 spiro atoms. The molecule has 2 rings (SSSR count). The lowest BCUT2D eigenvalue weighted by Crippen LogP contribution is -1.86. The summed E-state index contributed by atoms with van der Waals surface area (Å²) in [5.74, 6) is 0. The van der Waals surface area contributed by atoms with Crippen LogP contribution in [0.1, 0.15) is 47.4 Å². The van der Waals surface area contributed by atoms with E-state index < -0.39 is 0 Å². The minimum absolute atomic E-state index is 1.26. The van der Waals surface area contributed by atoms with Crippen molar-refractivity contribution in [2.45, 2.75) is 45.4 Å². The van der Waals surface area contributed by atoms with E-state index >= 15 is 0 Å². The van der Waals surface area contributed by atoms with Gasteiger partial charge in [-0.3, -0.25) is 0 Å². The molecule has 1 aliphatic carbocycles. The third-order valence-electron chi connectivity index (χ3n) is 2.79. The minimum Gasteiger partial charge on any atom is -0.145 e. The fourth-order valence-electron chi connectivity index (χ4n) is 2.03. The Balaban J connectivity index is 2.21. The van der Waals surface area contributed by atoms with Crippen LogP contribution in [0.2, 0.25) is 0 Å². The van der Waals surface area contributed by atoms with Crippen molar-refractivity contribution in [1.82, 2.24) is 0 Å². The maximum Gasteiger partial charge on any atom is 0.0120 e. The monoisotopic (exact) mass is 206 g/mol. The predicted molar refractivity (Wildman–Crippen MR) is 64.9 cm³/mol. The molecule has 14 heavy (non-hydrogen) atoms. The molecule has 0 saturated carbocycles. The fraction of sp³-hybridized carbons (Fsp3) is 0.538. The van der Waals surface area contributed by atoms with Crippen LogP contribution >= 0.6 is 11.3 Å². The molecule has 0 bridgehead atoms. The molecule has 1 aromatic heterocycles. The molecule has 0 unspecified atom stereocenters. The second-order valence-electron chi connectivity index (χ2n) is 4.09. The largest absolute Gasteiger partial charge is 0.145 e. The van der Waals surface area contributed by atoms with Gasteiger partial charge in [0.05, 0.1) is 0 Å². The first-order chi connectivity index (χ1) is 6.86. The highest BCUT2D eigenvalue weighted by Crippen LogP contribution is 2.26. The molecule has 0 amide bonds. The van der Waals surface area contributed by atoms with Crippen molar-refractivity contribution in [1.29, 1.82) is 0 Å². The zero-order chi connectivity index (χ0) is 9.80. The highest BCUT2D eigenvalue weighted by molar-refractivity contribution is 7.12. The lowest BCUT2D eigenvalue weighted by molar-refractivity contribution is 0.647. The first kappa shape index (κ1) is 9.97. The molecule has 0 nitrogen and oxygen atoms in total. The first-order valence-electron chi connectivity index (χ1n) is 5.62. The van der Waals surface area contributed by atoms with Crippen molar-refractivity contribution < 1.29 is 0 Å². The second-order valence-corrected chi connectivity index (χ2v) is 5.43. The summed E-state index contributed by atoms with van der Waals surface area (Å²) in [5.41, 5.74) is 1.48. The van der Waals surface area contributed by atoms with Gasteiger partial charge in [0.15, 0.2) is 0 Å². The third-order valence-corrected chi connectivity index (χ3v) is 3.91. The van der Waals surface area contributed by atoms with E-state index in [2.05, 4.69) is 25.1 Å². The Hall–Kier alpha value is -0.560. The Morgan fingerprint density at radius 2 is 2.00 bits per heavy atom. The van der Waals surface area contributed by atoms with Gasteiger partial charge >= 0.3 is 0 Å². The highest BCUT2D eigenvalue weighted by Gasteiger charge is 2.05. The van der Waals surface area contributed by atoms with E-state index in [9.17, 15) is 0 Å². The Morgan fingerprint density at radius 1 is 1.14 bits per heavy atom. The second kappa shape index (κ2) is 4.79. The Labute approximate surface area is 90.7 Å². The van der Waals surface area contributed by atoms with Crippen LogP contribution in [0, 0.1) is 6.92 Å². The van der Waals surface area contributed by atoms with Crippen molar-refractivity contribution in [3.8, 4) is 0 Å². The summed E-state index contributed by atoms with van der Waals surface area (Å²) in [6, 6.07) is 2.33. The summed E-state index contributed by atoms with van der Waals surface area (Å²) in [6.45, 7) is 2.21. The number of hydrogen-bond donors (Lipinski definition) is 0. The molecule has 0 saturated heterocycles. The highest BCUT2D eigenvalue weighted by atomic mass is 32.1. The van der Waals surface area contributed by atoms with Gasteiger partial charge in [-0.25, -0.2) is 0 Å². The molecule has 1 heteroatoms. The average molecular weight is 206 g/mol. The molecule has 1 aromatic rings. The molecule has 1 aliphatic rings. The van der Waals surface area contributed by atoms with Gasteiger partial charge in [0.25, 0.3) is 0 Å². The van der Waals surface area contributed by atoms with Crippen LogP contribution in [0.3, 0.4) is 0 Å². The van der Waals surface area contributed by atoms with Crippen molar-refractivity contribution in [2.24, 2.45) is 0 Å². The molecule has 1 heterocycles. The molecule has 0 aromatic carbocycles. The maximum absolute atomic E-state index is 2.34. The topological polar surface area (TPSA) is 0 Å². The van der Waals surface area contributed by atoms with Crippen LogP contribution in [0.25, 0.3) is 6.08 Å². The normalized spacial score (nSPS) is 17.8. The van der Waals surface area contributed by atoms with E-state index in [0.717, 1.165) is 0 Å². The molecule has 0 aliphatic heterocycles. The van der Waals surface area contributed by atoms with E-state index in [1.165, 1.54) is 49.0 Å². The van der Waals surface area contributed by atoms with Crippen LogP contribution in [-0.4, -0.2) is 0 Å². The van der Waals surface area contributed by atoms with Crippen molar-refractivity contribution in [3.05, 3.63) is 27.5 Å².